The summed E-state index contributed by atoms with van der Waals surface area (Å²) in [5, 5.41) is -0.193. The van der Waals surface area contributed by atoms with Gasteiger partial charge in [0.2, 0.25) is 0 Å². The molecule has 0 fully saturated rings. The third kappa shape index (κ3) is 2.47. The van der Waals surface area contributed by atoms with Crippen molar-refractivity contribution >= 4 is 38.7 Å². The molecular weight excluding hydrogens is 350 g/mol. The Bertz CT molecular complexity index is 800. The number of aryl methyl sites for hydroxylation is 2. The van der Waals surface area contributed by atoms with E-state index in [1.54, 1.807) is 6.20 Å². The van der Waals surface area contributed by atoms with Crippen LogP contribution in [0.2, 0.25) is 0 Å². The van der Waals surface area contributed by atoms with Crippen molar-refractivity contribution in [2.45, 2.75) is 26.1 Å². The van der Waals surface area contributed by atoms with Crippen LogP contribution in [0.4, 0.5) is 0 Å². The summed E-state index contributed by atoms with van der Waals surface area (Å²) in [4.78, 5) is 9.15. The molecule has 3 nitrogen and oxygen atoms in total. The van der Waals surface area contributed by atoms with Crippen LogP contribution in [-0.4, -0.2) is 14.5 Å². The van der Waals surface area contributed by atoms with Crippen molar-refractivity contribution in [3.8, 4) is 5.69 Å². The molecule has 0 N–H and O–H groups in total. The van der Waals surface area contributed by atoms with Crippen molar-refractivity contribution in [3.05, 3.63) is 51.9 Å². The largest absolute Gasteiger partial charge is 0.279 e. The minimum absolute atomic E-state index is 0.193. The second-order valence-electron chi connectivity index (χ2n) is 5.16. The normalized spacial score (nSPS) is 12.8. The fraction of sp³-hybridized carbons (Fsp3) is 0.250. The van der Waals surface area contributed by atoms with Crippen molar-refractivity contribution in [3.63, 3.8) is 0 Å². The smallest absolute Gasteiger partial charge is 0.164 e. The molecule has 21 heavy (non-hydrogen) atoms. The summed E-state index contributed by atoms with van der Waals surface area (Å²) < 4.78 is 3.14. The molecular formula is C16H15BrClN3. The molecule has 1 atom stereocenters. The molecule has 0 amide bonds. The Morgan fingerprint density at radius 3 is 2.52 bits per heavy atom. The molecule has 1 aromatic carbocycles. The fourth-order valence-corrected chi connectivity index (χ4v) is 3.51. The number of nitrogens with zero attached hydrogens (tertiary/aromatic N) is 3. The van der Waals surface area contributed by atoms with Gasteiger partial charge in [0.25, 0.3) is 0 Å². The molecule has 0 saturated heterocycles. The minimum Gasteiger partial charge on any atom is -0.279 e. The average Bonchev–Trinajstić information content (AvgIpc) is 2.77. The molecule has 0 aliphatic carbocycles. The maximum absolute atomic E-state index is 6.35. The van der Waals surface area contributed by atoms with E-state index in [0.717, 1.165) is 38.3 Å². The maximum atomic E-state index is 6.35. The van der Waals surface area contributed by atoms with E-state index in [1.165, 1.54) is 0 Å². The van der Waals surface area contributed by atoms with Gasteiger partial charge in [-0.25, -0.2) is 9.97 Å². The van der Waals surface area contributed by atoms with Crippen LogP contribution in [0.5, 0.6) is 0 Å². The monoisotopic (exact) mass is 363 g/mol. The predicted octanol–water partition coefficient (Wildman–Crippen LogP) is 5.10. The zero-order chi connectivity index (χ0) is 15.1. The summed E-state index contributed by atoms with van der Waals surface area (Å²) in [7, 11) is 0. The molecule has 0 radical (unpaired) electrons. The number of aromatic nitrogens is 3. The summed E-state index contributed by atoms with van der Waals surface area (Å²) in [5.74, 6) is 0.818. The second kappa shape index (κ2) is 5.43. The van der Waals surface area contributed by atoms with Crippen LogP contribution in [0.3, 0.4) is 0 Å². The molecule has 0 aliphatic rings. The first-order valence-electron chi connectivity index (χ1n) is 6.73. The molecule has 2 aromatic heterocycles. The molecule has 108 valence electrons. The molecule has 1 unspecified atom stereocenters. The van der Waals surface area contributed by atoms with E-state index >= 15 is 0 Å². The van der Waals surface area contributed by atoms with Gasteiger partial charge in [-0.2, -0.15) is 0 Å². The zero-order valence-electron chi connectivity index (χ0n) is 12.1. The summed E-state index contributed by atoms with van der Waals surface area (Å²) in [6, 6.07) is 8.05. The highest BCUT2D eigenvalue weighted by Crippen LogP contribution is 2.31. The third-order valence-electron chi connectivity index (χ3n) is 3.48. The van der Waals surface area contributed by atoms with Crippen LogP contribution in [-0.2, 0) is 0 Å². The van der Waals surface area contributed by atoms with Crippen LogP contribution in [0.15, 0.2) is 34.9 Å². The number of alkyl halides is 1. The van der Waals surface area contributed by atoms with Crippen LogP contribution < -0.4 is 0 Å². The van der Waals surface area contributed by atoms with Crippen LogP contribution >= 0.6 is 27.5 Å². The van der Waals surface area contributed by atoms with Crippen LogP contribution in [0.1, 0.15) is 29.3 Å². The van der Waals surface area contributed by atoms with Crippen molar-refractivity contribution < 1.29 is 0 Å². The quantitative estimate of drug-likeness (QED) is 0.592. The molecule has 0 aliphatic heterocycles. The van der Waals surface area contributed by atoms with Gasteiger partial charge in [0, 0.05) is 10.7 Å². The number of hydrogen-bond acceptors (Lipinski definition) is 2. The van der Waals surface area contributed by atoms with Gasteiger partial charge in [-0.1, -0.05) is 15.9 Å². The minimum atomic E-state index is -0.193. The Morgan fingerprint density at radius 2 is 1.90 bits per heavy atom. The Kier molecular flexibility index (Phi) is 3.76. The molecule has 5 heteroatoms. The van der Waals surface area contributed by atoms with E-state index in [9.17, 15) is 0 Å². The van der Waals surface area contributed by atoms with Crippen LogP contribution in [0.25, 0.3) is 16.9 Å². The van der Waals surface area contributed by atoms with E-state index in [-0.39, 0.29) is 5.38 Å². The van der Waals surface area contributed by atoms with Gasteiger partial charge in [0.1, 0.15) is 11.3 Å². The Balaban J connectivity index is 2.42. The average molecular weight is 365 g/mol. The zero-order valence-corrected chi connectivity index (χ0v) is 14.4. The molecule has 3 aromatic rings. The van der Waals surface area contributed by atoms with Crippen molar-refractivity contribution in [2.24, 2.45) is 0 Å². The highest BCUT2D eigenvalue weighted by molar-refractivity contribution is 9.10. The third-order valence-corrected chi connectivity index (χ3v) is 4.13. The Labute approximate surface area is 137 Å². The maximum Gasteiger partial charge on any atom is 0.164 e. The SMILES string of the molecule is Cc1cc(Br)cc(C)c1-n1c(C(C)Cl)nc2cccnc21. The van der Waals surface area contributed by atoms with Gasteiger partial charge in [-0.15, -0.1) is 11.6 Å². The molecule has 0 saturated carbocycles. The lowest BCUT2D eigenvalue weighted by Crippen LogP contribution is -2.06. The van der Waals surface area contributed by atoms with E-state index < -0.39 is 0 Å². The summed E-state index contributed by atoms with van der Waals surface area (Å²) in [6.45, 7) is 6.11. The van der Waals surface area contributed by atoms with Gasteiger partial charge in [0.05, 0.1) is 11.1 Å². The summed E-state index contributed by atoms with van der Waals surface area (Å²) in [6.07, 6.45) is 1.78. The summed E-state index contributed by atoms with van der Waals surface area (Å²) >= 11 is 9.89. The number of hydrogen-bond donors (Lipinski definition) is 0. The lowest BCUT2D eigenvalue weighted by Gasteiger charge is -2.16. The van der Waals surface area contributed by atoms with Crippen molar-refractivity contribution in [1.29, 1.82) is 0 Å². The molecule has 0 spiro atoms. The van der Waals surface area contributed by atoms with Crippen molar-refractivity contribution in [1.82, 2.24) is 14.5 Å². The van der Waals surface area contributed by atoms with E-state index in [4.69, 9.17) is 11.6 Å². The van der Waals surface area contributed by atoms with Gasteiger partial charge in [0.15, 0.2) is 5.65 Å². The summed E-state index contributed by atoms with van der Waals surface area (Å²) in [5.41, 5.74) is 5.12. The van der Waals surface area contributed by atoms with E-state index in [0.29, 0.717) is 0 Å². The molecule has 0 bridgehead atoms. The number of fused-ring (bicyclic) bond motifs is 1. The molecule has 3 rings (SSSR count). The van der Waals surface area contributed by atoms with E-state index in [1.807, 2.05) is 19.1 Å². The topological polar surface area (TPSA) is 30.7 Å². The number of pyridine rings is 1. The first-order chi connectivity index (χ1) is 9.99. The molecule has 2 heterocycles. The van der Waals surface area contributed by atoms with E-state index in [2.05, 4.69) is 56.4 Å². The number of halogens is 2. The number of imidazole rings is 1. The Hall–Kier alpha value is -1.39. The Morgan fingerprint density at radius 1 is 1.24 bits per heavy atom. The van der Waals surface area contributed by atoms with Gasteiger partial charge in [-0.05, 0) is 56.2 Å². The first kappa shape index (κ1) is 14.5. The van der Waals surface area contributed by atoms with Gasteiger partial charge >= 0.3 is 0 Å². The van der Waals surface area contributed by atoms with Crippen LogP contribution in [0, 0.1) is 13.8 Å². The predicted molar refractivity (Wildman–Crippen MR) is 90.3 cm³/mol. The fourth-order valence-electron chi connectivity index (χ4n) is 2.67. The lowest BCUT2D eigenvalue weighted by atomic mass is 10.1. The van der Waals surface area contributed by atoms with Crippen molar-refractivity contribution in [2.75, 3.05) is 0 Å². The lowest BCUT2D eigenvalue weighted by molar-refractivity contribution is 0.868. The highest BCUT2D eigenvalue weighted by Gasteiger charge is 2.19. The first-order valence-corrected chi connectivity index (χ1v) is 7.96. The highest BCUT2D eigenvalue weighted by atomic mass is 79.9. The van der Waals surface area contributed by atoms with Gasteiger partial charge in [-0.3, -0.25) is 4.57 Å². The van der Waals surface area contributed by atoms with Gasteiger partial charge < -0.3 is 0 Å². The second-order valence-corrected chi connectivity index (χ2v) is 6.73. The standard InChI is InChI=1S/C16H15BrClN3/c1-9-7-12(17)8-10(2)14(9)21-15(11(3)18)20-13-5-4-6-19-16(13)21/h4-8,11H,1-3H3. The number of rotatable bonds is 2. The number of benzene rings is 1.